The average Bonchev–Trinajstić information content (AvgIpc) is 2.52. The van der Waals surface area contributed by atoms with Crippen molar-refractivity contribution in [2.75, 3.05) is 33.3 Å². The molecule has 1 heterocycles. The number of fused-ring (bicyclic) bond motifs is 1. The summed E-state index contributed by atoms with van der Waals surface area (Å²) < 4.78 is 0. The van der Waals surface area contributed by atoms with Crippen LogP contribution in [-0.4, -0.2) is 60.3 Å². The Kier molecular flexibility index (Phi) is 5.59. The van der Waals surface area contributed by atoms with Gasteiger partial charge in [-0.1, -0.05) is 24.3 Å². The van der Waals surface area contributed by atoms with Crippen molar-refractivity contribution in [3.05, 3.63) is 35.4 Å². The Hall–Kier alpha value is -1.59. The van der Waals surface area contributed by atoms with Crippen LogP contribution in [0.15, 0.2) is 24.3 Å². The molecule has 1 aliphatic rings. The zero-order valence-electron chi connectivity index (χ0n) is 12.9. The fraction of sp³-hybridized carbons (Fsp3) is 0.562. The van der Waals surface area contributed by atoms with Gasteiger partial charge >= 0.3 is 6.03 Å². The predicted octanol–water partition coefficient (Wildman–Crippen LogP) is 1.07. The Labute approximate surface area is 126 Å². The SMILES string of the molecule is CC(CNC(=O)N(C)CCO)N1CCc2ccccc2C1. The molecule has 1 unspecified atom stereocenters. The highest BCUT2D eigenvalue weighted by Gasteiger charge is 2.21. The number of nitrogens with zero attached hydrogens (tertiary/aromatic N) is 2. The van der Waals surface area contributed by atoms with Gasteiger partial charge in [-0.2, -0.15) is 0 Å². The summed E-state index contributed by atoms with van der Waals surface area (Å²) in [5.74, 6) is 0. The molecule has 1 aliphatic heterocycles. The van der Waals surface area contributed by atoms with Crippen molar-refractivity contribution < 1.29 is 9.90 Å². The minimum Gasteiger partial charge on any atom is -0.395 e. The summed E-state index contributed by atoms with van der Waals surface area (Å²) >= 11 is 0. The van der Waals surface area contributed by atoms with E-state index in [0.717, 1.165) is 19.5 Å². The van der Waals surface area contributed by atoms with Gasteiger partial charge in [0.1, 0.15) is 0 Å². The highest BCUT2D eigenvalue weighted by molar-refractivity contribution is 5.73. The van der Waals surface area contributed by atoms with Gasteiger partial charge < -0.3 is 15.3 Å². The third kappa shape index (κ3) is 4.19. The normalized spacial score (nSPS) is 16.1. The molecular weight excluding hydrogens is 266 g/mol. The maximum Gasteiger partial charge on any atom is 0.317 e. The number of benzene rings is 1. The van der Waals surface area contributed by atoms with Gasteiger partial charge in [-0.25, -0.2) is 4.79 Å². The topological polar surface area (TPSA) is 55.8 Å². The fourth-order valence-electron chi connectivity index (χ4n) is 2.64. The third-order valence-electron chi connectivity index (χ3n) is 4.11. The number of rotatable bonds is 5. The molecule has 2 N–H and O–H groups in total. The maximum absolute atomic E-state index is 11.8. The second kappa shape index (κ2) is 7.43. The van der Waals surface area contributed by atoms with E-state index in [4.69, 9.17) is 5.11 Å². The van der Waals surface area contributed by atoms with Gasteiger partial charge in [-0.3, -0.25) is 4.90 Å². The molecule has 21 heavy (non-hydrogen) atoms. The van der Waals surface area contributed by atoms with Crippen LogP contribution in [0.3, 0.4) is 0 Å². The Morgan fingerprint density at radius 2 is 2.14 bits per heavy atom. The second-order valence-electron chi connectivity index (χ2n) is 5.67. The maximum atomic E-state index is 11.8. The van der Waals surface area contributed by atoms with Gasteiger partial charge in [0.2, 0.25) is 0 Å². The van der Waals surface area contributed by atoms with Gasteiger partial charge in [0.15, 0.2) is 0 Å². The first-order valence-corrected chi connectivity index (χ1v) is 7.52. The Morgan fingerprint density at radius 3 is 2.86 bits per heavy atom. The number of carbonyl (C=O) groups is 1. The molecule has 0 saturated heterocycles. The van der Waals surface area contributed by atoms with E-state index in [1.165, 1.54) is 16.0 Å². The van der Waals surface area contributed by atoms with Crippen molar-refractivity contribution in [3.63, 3.8) is 0 Å². The summed E-state index contributed by atoms with van der Waals surface area (Å²) in [5.41, 5.74) is 2.83. The summed E-state index contributed by atoms with van der Waals surface area (Å²) in [7, 11) is 1.69. The summed E-state index contributed by atoms with van der Waals surface area (Å²) in [6, 6.07) is 8.72. The van der Waals surface area contributed by atoms with E-state index in [0.29, 0.717) is 19.1 Å². The van der Waals surface area contributed by atoms with E-state index >= 15 is 0 Å². The number of carbonyl (C=O) groups excluding carboxylic acids is 1. The number of nitrogens with one attached hydrogen (secondary N) is 1. The summed E-state index contributed by atoms with van der Waals surface area (Å²) in [4.78, 5) is 15.7. The Morgan fingerprint density at radius 1 is 1.43 bits per heavy atom. The van der Waals surface area contributed by atoms with Crippen LogP contribution in [0.5, 0.6) is 0 Å². The largest absolute Gasteiger partial charge is 0.395 e. The van der Waals surface area contributed by atoms with Crippen LogP contribution in [0.2, 0.25) is 0 Å². The smallest absolute Gasteiger partial charge is 0.317 e. The summed E-state index contributed by atoms with van der Waals surface area (Å²) in [6.45, 7) is 5.08. The van der Waals surface area contributed by atoms with Crippen LogP contribution in [0.25, 0.3) is 0 Å². The van der Waals surface area contributed by atoms with Crippen LogP contribution >= 0.6 is 0 Å². The van der Waals surface area contributed by atoms with Crippen molar-refractivity contribution in [3.8, 4) is 0 Å². The lowest BCUT2D eigenvalue weighted by Crippen LogP contribution is -2.47. The molecule has 0 radical (unpaired) electrons. The molecule has 0 aliphatic carbocycles. The van der Waals surface area contributed by atoms with Crippen molar-refractivity contribution in [2.45, 2.75) is 25.9 Å². The molecule has 0 saturated carbocycles. The van der Waals surface area contributed by atoms with Gasteiger partial charge in [-0.15, -0.1) is 0 Å². The van der Waals surface area contributed by atoms with Crippen LogP contribution in [0.1, 0.15) is 18.1 Å². The molecule has 2 rings (SSSR count). The lowest BCUT2D eigenvalue weighted by Gasteiger charge is -2.34. The monoisotopic (exact) mass is 291 g/mol. The molecule has 5 nitrogen and oxygen atoms in total. The number of aliphatic hydroxyl groups is 1. The number of aliphatic hydroxyl groups excluding tert-OH is 1. The molecular formula is C16H25N3O2. The fourth-order valence-corrected chi connectivity index (χ4v) is 2.64. The molecule has 5 heteroatoms. The quantitative estimate of drug-likeness (QED) is 0.853. The van der Waals surface area contributed by atoms with E-state index < -0.39 is 0 Å². The zero-order valence-corrected chi connectivity index (χ0v) is 12.9. The lowest BCUT2D eigenvalue weighted by atomic mass is 9.99. The molecule has 1 atom stereocenters. The van der Waals surface area contributed by atoms with Crippen LogP contribution < -0.4 is 5.32 Å². The average molecular weight is 291 g/mol. The van der Waals surface area contributed by atoms with Crippen molar-refractivity contribution >= 4 is 6.03 Å². The number of amides is 2. The van der Waals surface area contributed by atoms with Crippen LogP contribution in [0, 0.1) is 0 Å². The van der Waals surface area contributed by atoms with Gasteiger partial charge in [0, 0.05) is 39.3 Å². The Bertz CT molecular complexity index is 478. The van der Waals surface area contributed by atoms with Crippen LogP contribution in [0.4, 0.5) is 4.79 Å². The highest BCUT2D eigenvalue weighted by Crippen LogP contribution is 2.19. The Balaban J connectivity index is 1.82. The second-order valence-corrected chi connectivity index (χ2v) is 5.67. The van der Waals surface area contributed by atoms with Crippen molar-refractivity contribution in [1.29, 1.82) is 0 Å². The highest BCUT2D eigenvalue weighted by atomic mass is 16.3. The van der Waals surface area contributed by atoms with E-state index in [2.05, 4.69) is 41.4 Å². The lowest BCUT2D eigenvalue weighted by molar-refractivity contribution is 0.171. The standard InChI is InChI=1S/C16H25N3O2/c1-13(11-17-16(21)18(2)9-10-20)19-8-7-14-5-3-4-6-15(14)12-19/h3-6,13,20H,7-12H2,1-2H3,(H,17,21). The van der Waals surface area contributed by atoms with Crippen molar-refractivity contribution in [1.82, 2.24) is 15.1 Å². The number of likely N-dealkylation sites (N-methyl/N-ethyl adjacent to an activating group) is 1. The van der Waals surface area contributed by atoms with E-state index in [1.54, 1.807) is 7.05 Å². The first-order chi connectivity index (χ1) is 10.1. The molecule has 0 bridgehead atoms. The number of urea groups is 1. The molecule has 2 amide bonds. The first kappa shape index (κ1) is 15.8. The van der Waals surface area contributed by atoms with E-state index in [9.17, 15) is 4.79 Å². The molecule has 0 spiro atoms. The number of hydrogen-bond acceptors (Lipinski definition) is 3. The van der Waals surface area contributed by atoms with E-state index in [-0.39, 0.29) is 12.6 Å². The molecule has 1 aromatic rings. The van der Waals surface area contributed by atoms with Crippen molar-refractivity contribution in [2.24, 2.45) is 0 Å². The molecule has 116 valence electrons. The molecule has 0 aromatic heterocycles. The summed E-state index contributed by atoms with van der Waals surface area (Å²) in [5, 5.41) is 11.8. The van der Waals surface area contributed by atoms with Gasteiger partial charge in [0.05, 0.1) is 6.61 Å². The molecule has 0 fully saturated rings. The summed E-state index contributed by atoms with van der Waals surface area (Å²) in [6.07, 6.45) is 1.07. The van der Waals surface area contributed by atoms with E-state index in [1.807, 2.05) is 0 Å². The molecule has 1 aromatic carbocycles. The minimum absolute atomic E-state index is 0.0115. The zero-order chi connectivity index (χ0) is 15.2. The minimum atomic E-state index is -0.131. The predicted molar refractivity (Wildman–Crippen MR) is 83.1 cm³/mol. The first-order valence-electron chi connectivity index (χ1n) is 7.52. The van der Waals surface area contributed by atoms with Crippen LogP contribution in [-0.2, 0) is 13.0 Å². The van der Waals surface area contributed by atoms with Gasteiger partial charge in [-0.05, 0) is 24.5 Å². The third-order valence-corrected chi connectivity index (χ3v) is 4.11. The van der Waals surface area contributed by atoms with Gasteiger partial charge in [0.25, 0.3) is 0 Å². The number of hydrogen-bond donors (Lipinski definition) is 2.